The lowest BCUT2D eigenvalue weighted by molar-refractivity contribution is 0.280. The van der Waals surface area contributed by atoms with E-state index in [9.17, 15) is 5.11 Å². The average Bonchev–Trinajstić information content (AvgIpc) is 2.25. The zero-order valence-corrected chi connectivity index (χ0v) is 11.9. The fourth-order valence-corrected chi connectivity index (χ4v) is 1.97. The second kappa shape index (κ2) is 5.09. The lowest BCUT2D eigenvalue weighted by Gasteiger charge is -2.37. The van der Waals surface area contributed by atoms with E-state index in [0.717, 1.165) is 11.3 Å². The molecule has 1 atom stereocenters. The summed E-state index contributed by atoms with van der Waals surface area (Å²) in [7, 11) is 2.10. The summed E-state index contributed by atoms with van der Waals surface area (Å²) >= 11 is 0. The predicted octanol–water partition coefficient (Wildman–Crippen LogP) is 3.36. The van der Waals surface area contributed by atoms with Crippen LogP contribution in [0.1, 0.15) is 38.8 Å². The zero-order valence-electron chi connectivity index (χ0n) is 11.9. The van der Waals surface area contributed by atoms with Crippen molar-refractivity contribution in [3.05, 3.63) is 29.3 Å². The van der Waals surface area contributed by atoms with E-state index in [1.165, 1.54) is 5.56 Å². The van der Waals surface area contributed by atoms with Gasteiger partial charge >= 0.3 is 0 Å². The average molecular weight is 235 g/mol. The van der Waals surface area contributed by atoms with Crippen LogP contribution < -0.4 is 4.90 Å². The number of anilines is 1. The smallest absolute Gasteiger partial charge is 0.0702 e. The quantitative estimate of drug-likeness (QED) is 0.868. The van der Waals surface area contributed by atoms with Gasteiger partial charge < -0.3 is 10.0 Å². The SMILES string of the molecule is Cc1ccc(N(C)C(C)C(C)(C)C)c(CO)c1. The number of rotatable bonds is 3. The molecule has 2 nitrogen and oxygen atoms in total. The molecular formula is C15H25NO. The van der Waals surface area contributed by atoms with Gasteiger partial charge in [0, 0.05) is 24.3 Å². The summed E-state index contributed by atoms with van der Waals surface area (Å²) in [6, 6.07) is 6.67. The van der Waals surface area contributed by atoms with Gasteiger partial charge in [0.2, 0.25) is 0 Å². The summed E-state index contributed by atoms with van der Waals surface area (Å²) in [5.41, 5.74) is 3.53. The zero-order chi connectivity index (χ0) is 13.2. The maximum Gasteiger partial charge on any atom is 0.0702 e. The maximum atomic E-state index is 9.45. The third kappa shape index (κ3) is 3.22. The Labute approximate surface area is 105 Å². The van der Waals surface area contributed by atoms with Crippen LogP contribution in [-0.4, -0.2) is 18.2 Å². The van der Waals surface area contributed by atoms with E-state index in [0.29, 0.717) is 6.04 Å². The molecule has 1 aromatic carbocycles. The minimum atomic E-state index is 0.0955. The maximum absolute atomic E-state index is 9.45. The van der Waals surface area contributed by atoms with Gasteiger partial charge in [0.05, 0.1) is 6.61 Å². The van der Waals surface area contributed by atoms with Crippen LogP contribution in [-0.2, 0) is 6.61 Å². The summed E-state index contributed by atoms with van der Waals surface area (Å²) in [4.78, 5) is 2.25. The Morgan fingerprint density at radius 3 is 2.35 bits per heavy atom. The molecule has 0 bridgehead atoms. The molecule has 0 aliphatic rings. The van der Waals surface area contributed by atoms with Gasteiger partial charge in [-0.25, -0.2) is 0 Å². The highest BCUT2D eigenvalue weighted by atomic mass is 16.3. The van der Waals surface area contributed by atoms with Crippen LogP contribution in [0.3, 0.4) is 0 Å². The van der Waals surface area contributed by atoms with E-state index in [1.807, 2.05) is 0 Å². The molecule has 2 heteroatoms. The Balaban J connectivity index is 3.08. The minimum Gasteiger partial charge on any atom is -0.392 e. The molecule has 1 aromatic rings. The molecule has 0 radical (unpaired) electrons. The van der Waals surface area contributed by atoms with Crippen LogP contribution in [0.25, 0.3) is 0 Å². The molecule has 0 amide bonds. The second-order valence-corrected chi connectivity index (χ2v) is 5.94. The normalized spacial score (nSPS) is 13.6. The van der Waals surface area contributed by atoms with Crippen molar-refractivity contribution >= 4 is 5.69 Å². The van der Waals surface area contributed by atoms with Crippen LogP contribution in [0.5, 0.6) is 0 Å². The van der Waals surface area contributed by atoms with Crippen LogP contribution in [0, 0.1) is 12.3 Å². The van der Waals surface area contributed by atoms with E-state index >= 15 is 0 Å². The number of nitrogens with zero attached hydrogens (tertiary/aromatic N) is 1. The van der Waals surface area contributed by atoms with Crippen LogP contribution in [0.2, 0.25) is 0 Å². The van der Waals surface area contributed by atoms with E-state index in [1.54, 1.807) is 0 Å². The molecule has 0 heterocycles. The Kier molecular flexibility index (Phi) is 4.21. The molecule has 0 saturated carbocycles. The first-order valence-corrected chi connectivity index (χ1v) is 6.20. The van der Waals surface area contributed by atoms with Gasteiger partial charge in [0.1, 0.15) is 0 Å². The molecule has 0 aliphatic heterocycles. The molecule has 0 aromatic heterocycles. The fraction of sp³-hybridized carbons (Fsp3) is 0.600. The molecule has 1 unspecified atom stereocenters. The Morgan fingerprint density at radius 1 is 1.29 bits per heavy atom. The van der Waals surface area contributed by atoms with Crippen molar-refractivity contribution in [2.45, 2.75) is 47.3 Å². The molecule has 17 heavy (non-hydrogen) atoms. The third-order valence-corrected chi connectivity index (χ3v) is 3.62. The van der Waals surface area contributed by atoms with Gasteiger partial charge in [-0.2, -0.15) is 0 Å². The number of benzene rings is 1. The Morgan fingerprint density at radius 2 is 1.88 bits per heavy atom. The van der Waals surface area contributed by atoms with Gasteiger partial charge in [-0.3, -0.25) is 0 Å². The molecule has 0 aliphatic carbocycles. The monoisotopic (exact) mass is 235 g/mol. The first kappa shape index (κ1) is 14.0. The summed E-state index contributed by atoms with van der Waals surface area (Å²) in [5.74, 6) is 0. The van der Waals surface area contributed by atoms with Crippen molar-refractivity contribution in [3.8, 4) is 0 Å². The van der Waals surface area contributed by atoms with Crippen molar-refractivity contribution in [1.82, 2.24) is 0 Å². The molecule has 1 rings (SSSR count). The van der Waals surface area contributed by atoms with Crippen molar-refractivity contribution in [3.63, 3.8) is 0 Å². The van der Waals surface area contributed by atoms with Crippen LogP contribution >= 0.6 is 0 Å². The van der Waals surface area contributed by atoms with E-state index in [-0.39, 0.29) is 12.0 Å². The highest BCUT2D eigenvalue weighted by Gasteiger charge is 2.25. The van der Waals surface area contributed by atoms with Gasteiger partial charge in [-0.05, 0) is 25.3 Å². The van der Waals surface area contributed by atoms with Crippen LogP contribution in [0.15, 0.2) is 18.2 Å². The van der Waals surface area contributed by atoms with Gasteiger partial charge in [-0.15, -0.1) is 0 Å². The van der Waals surface area contributed by atoms with Crippen LogP contribution in [0.4, 0.5) is 5.69 Å². The van der Waals surface area contributed by atoms with Crippen molar-refractivity contribution in [2.24, 2.45) is 5.41 Å². The first-order chi connectivity index (χ1) is 7.77. The van der Waals surface area contributed by atoms with Crippen molar-refractivity contribution < 1.29 is 5.11 Å². The molecular weight excluding hydrogens is 210 g/mol. The number of hydrogen-bond donors (Lipinski definition) is 1. The van der Waals surface area contributed by atoms with Gasteiger partial charge in [-0.1, -0.05) is 38.5 Å². The summed E-state index contributed by atoms with van der Waals surface area (Å²) in [6.45, 7) is 11.1. The van der Waals surface area contributed by atoms with Crippen molar-refractivity contribution in [2.75, 3.05) is 11.9 Å². The highest BCUT2D eigenvalue weighted by molar-refractivity contribution is 5.55. The number of aryl methyl sites for hydroxylation is 1. The summed E-state index contributed by atoms with van der Waals surface area (Å²) in [6.07, 6.45) is 0. The third-order valence-electron chi connectivity index (χ3n) is 3.62. The molecule has 0 saturated heterocycles. The molecule has 96 valence electrons. The number of hydrogen-bond acceptors (Lipinski definition) is 2. The molecule has 0 fully saturated rings. The van der Waals surface area contributed by atoms with E-state index in [2.05, 4.69) is 64.8 Å². The molecule has 0 spiro atoms. The standard InChI is InChI=1S/C15H25NO/c1-11-7-8-14(13(9-11)10-17)16(6)12(2)15(3,4)5/h7-9,12,17H,10H2,1-6H3. The number of aliphatic hydroxyl groups excluding tert-OH is 1. The lowest BCUT2D eigenvalue weighted by Crippen LogP contribution is -2.39. The predicted molar refractivity (Wildman–Crippen MR) is 74.4 cm³/mol. The summed E-state index contributed by atoms with van der Waals surface area (Å²) < 4.78 is 0. The number of aliphatic hydroxyl groups is 1. The fourth-order valence-electron chi connectivity index (χ4n) is 1.97. The second-order valence-electron chi connectivity index (χ2n) is 5.94. The Bertz CT molecular complexity index is 379. The summed E-state index contributed by atoms with van der Waals surface area (Å²) in [5, 5.41) is 9.45. The molecule has 1 N–H and O–H groups in total. The van der Waals surface area contributed by atoms with Crippen molar-refractivity contribution in [1.29, 1.82) is 0 Å². The topological polar surface area (TPSA) is 23.5 Å². The first-order valence-electron chi connectivity index (χ1n) is 6.20. The Hall–Kier alpha value is -1.02. The van der Waals surface area contributed by atoms with Gasteiger partial charge in [0.25, 0.3) is 0 Å². The van der Waals surface area contributed by atoms with E-state index in [4.69, 9.17) is 0 Å². The highest BCUT2D eigenvalue weighted by Crippen LogP contribution is 2.29. The van der Waals surface area contributed by atoms with Gasteiger partial charge in [0.15, 0.2) is 0 Å². The minimum absolute atomic E-state index is 0.0955. The van der Waals surface area contributed by atoms with E-state index < -0.39 is 0 Å². The largest absolute Gasteiger partial charge is 0.392 e. The lowest BCUT2D eigenvalue weighted by atomic mass is 9.86.